The first-order valence-electron chi connectivity index (χ1n) is 6.46. The van der Waals surface area contributed by atoms with Gasteiger partial charge in [0.25, 0.3) is 0 Å². The molecule has 18 heavy (non-hydrogen) atoms. The Morgan fingerprint density at radius 2 is 2.44 bits per heavy atom. The number of hydrogen-bond donors (Lipinski definition) is 1. The summed E-state index contributed by atoms with van der Waals surface area (Å²) >= 11 is 5.32. The van der Waals surface area contributed by atoms with Crippen molar-refractivity contribution >= 4 is 27.3 Å². The summed E-state index contributed by atoms with van der Waals surface area (Å²) in [7, 11) is 0. The van der Waals surface area contributed by atoms with Crippen molar-refractivity contribution in [3.05, 3.63) is 20.8 Å². The Labute approximate surface area is 121 Å². The number of thiophene rings is 1. The van der Waals surface area contributed by atoms with Crippen LogP contribution in [0.3, 0.4) is 0 Å². The minimum Gasteiger partial charge on any atom is -0.379 e. The molecule has 3 nitrogen and oxygen atoms in total. The van der Waals surface area contributed by atoms with Gasteiger partial charge in [0.2, 0.25) is 0 Å². The molecular weight excluding hydrogens is 312 g/mol. The van der Waals surface area contributed by atoms with Gasteiger partial charge in [0.15, 0.2) is 0 Å². The van der Waals surface area contributed by atoms with Crippen molar-refractivity contribution in [2.75, 3.05) is 19.8 Å². The van der Waals surface area contributed by atoms with Crippen LogP contribution in [0.1, 0.15) is 31.2 Å². The van der Waals surface area contributed by atoms with Crippen LogP contribution in [0.2, 0.25) is 0 Å². The summed E-state index contributed by atoms with van der Waals surface area (Å²) in [5, 5.41) is 2.13. The lowest BCUT2D eigenvalue weighted by Crippen LogP contribution is -2.50. The van der Waals surface area contributed by atoms with Crippen molar-refractivity contribution in [2.24, 2.45) is 5.73 Å². The summed E-state index contributed by atoms with van der Waals surface area (Å²) in [5.74, 6) is 0. The molecule has 1 saturated heterocycles. The van der Waals surface area contributed by atoms with Crippen LogP contribution in [0.25, 0.3) is 0 Å². The summed E-state index contributed by atoms with van der Waals surface area (Å²) < 4.78 is 6.68. The first kappa shape index (κ1) is 14.5. The van der Waals surface area contributed by atoms with Gasteiger partial charge in [0.05, 0.1) is 19.3 Å². The zero-order chi connectivity index (χ0) is 13.1. The molecule has 0 aliphatic carbocycles. The zero-order valence-corrected chi connectivity index (χ0v) is 13.3. The number of morpholine rings is 1. The van der Waals surface area contributed by atoms with Crippen molar-refractivity contribution in [3.63, 3.8) is 0 Å². The van der Waals surface area contributed by atoms with Crippen LogP contribution >= 0.6 is 27.3 Å². The second-order valence-electron chi connectivity index (χ2n) is 4.85. The van der Waals surface area contributed by atoms with Crippen molar-refractivity contribution in [2.45, 2.75) is 38.4 Å². The van der Waals surface area contributed by atoms with E-state index in [1.807, 2.05) is 0 Å². The Balaban J connectivity index is 2.24. The average molecular weight is 333 g/mol. The maximum atomic E-state index is 6.36. The molecule has 1 fully saturated rings. The number of ether oxygens (including phenoxy) is 1. The van der Waals surface area contributed by atoms with E-state index in [9.17, 15) is 0 Å². The molecule has 102 valence electrons. The highest BCUT2D eigenvalue weighted by atomic mass is 79.9. The Morgan fingerprint density at radius 3 is 3.00 bits per heavy atom. The van der Waals surface area contributed by atoms with E-state index in [-0.39, 0.29) is 6.04 Å². The van der Waals surface area contributed by atoms with Crippen LogP contribution in [-0.2, 0) is 4.74 Å². The second kappa shape index (κ2) is 6.48. The third-order valence-electron chi connectivity index (χ3n) is 3.53. The van der Waals surface area contributed by atoms with Gasteiger partial charge in [-0.3, -0.25) is 4.90 Å². The molecule has 1 aliphatic rings. The van der Waals surface area contributed by atoms with E-state index in [2.05, 4.69) is 46.1 Å². The highest BCUT2D eigenvalue weighted by molar-refractivity contribution is 9.10. The maximum absolute atomic E-state index is 6.36. The van der Waals surface area contributed by atoms with E-state index in [4.69, 9.17) is 10.5 Å². The monoisotopic (exact) mass is 332 g/mol. The highest BCUT2D eigenvalue weighted by Gasteiger charge is 2.32. The van der Waals surface area contributed by atoms with Gasteiger partial charge in [-0.05, 0) is 35.3 Å². The van der Waals surface area contributed by atoms with Gasteiger partial charge >= 0.3 is 0 Å². The van der Waals surface area contributed by atoms with Gasteiger partial charge in [0.1, 0.15) is 0 Å². The highest BCUT2D eigenvalue weighted by Crippen LogP contribution is 2.34. The lowest BCUT2D eigenvalue weighted by molar-refractivity contribution is -0.0275. The molecule has 1 aromatic heterocycles. The van der Waals surface area contributed by atoms with Crippen molar-refractivity contribution in [1.82, 2.24) is 4.90 Å². The molecule has 0 spiro atoms. The Kier molecular flexibility index (Phi) is 5.21. The molecule has 2 heterocycles. The number of rotatable bonds is 4. The number of nitrogens with two attached hydrogens (primary N) is 1. The standard InChI is InChI=1S/C13H21BrN2OS/c1-3-11(15)13(12-6-10(14)8-18-12)16-4-5-17-7-9(16)2/h6,8-9,11,13H,3-5,7,15H2,1-2H3. The van der Waals surface area contributed by atoms with Crippen molar-refractivity contribution in [1.29, 1.82) is 0 Å². The van der Waals surface area contributed by atoms with Gasteiger partial charge in [0, 0.05) is 33.4 Å². The SMILES string of the molecule is CCC(N)C(c1cc(Br)cs1)N1CCOCC1C. The van der Waals surface area contributed by atoms with Crippen molar-refractivity contribution in [3.8, 4) is 0 Å². The van der Waals surface area contributed by atoms with Crippen LogP contribution in [0, 0.1) is 0 Å². The van der Waals surface area contributed by atoms with Gasteiger partial charge in [-0.2, -0.15) is 0 Å². The largest absolute Gasteiger partial charge is 0.379 e. The third kappa shape index (κ3) is 3.14. The van der Waals surface area contributed by atoms with E-state index in [1.165, 1.54) is 4.88 Å². The van der Waals surface area contributed by atoms with Gasteiger partial charge in [-0.1, -0.05) is 6.92 Å². The van der Waals surface area contributed by atoms with Crippen LogP contribution < -0.4 is 5.73 Å². The van der Waals surface area contributed by atoms with E-state index in [0.717, 1.165) is 30.7 Å². The Bertz CT molecular complexity index is 385. The first-order valence-corrected chi connectivity index (χ1v) is 8.13. The Hall–Kier alpha value is 0.0600. The average Bonchev–Trinajstić information content (AvgIpc) is 2.78. The second-order valence-corrected chi connectivity index (χ2v) is 6.70. The predicted molar refractivity (Wildman–Crippen MR) is 80.0 cm³/mol. The molecule has 1 aliphatic heterocycles. The molecule has 0 aromatic carbocycles. The van der Waals surface area contributed by atoms with Gasteiger partial charge in [-0.25, -0.2) is 0 Å². The summed E-state index contributed by atoms with van der Waals surface area (Å²) in [6, 6.07) is 3.12. The maximum Gasteiger partial charge on any atom is 0.0620 e. The van der Waals surface area contributed by atoms with Crippen LogP contribution in [0.4, 0.5) is 0 Å². The van der Waals surface area contributed by atoms with E-state index < -0.39 is 0 Å². The topological polar surface area (TPSA) is 38.5 Å². The summed E-state index contributed by atoms with van der Waals surface area (Å²) in [6.07, 6.45) is 0.990. The van der Waals surface area contributed by atoms with E-state index in [0.29, 0.717) is 12.1 Å². The van der Waals surface area contributed by atoms with Gasteiger partial charge < -0.3 is 10.5 Å². The third-order valence-corrected chi connectivity index (χ3v) is 5.30. The molecule has 0 bridgehead atoms. The fourth-order valence-electron chi connectivity index (χ4n) is 2.48. The molecule has 5 heteroatoms. The molecular formula is C13H21BrN2OS. The molecule has 0 saturated carbocycles. The lowest BCUT2D eigenvalue weighted by atomic mass is 10.0. The van der Waals surface area contributed by atoms with Crippen LogP contribution in [-0.4, -0.2) is 36.7 Å². The molecule has 1 aromatic rings. The fourth-order valence-corrected chi connectivity index (χ4v) is 4.12. The predicted octanol–water partition coefficient (Wildman–Crippen LogP) is 3.01. The fraction of sp³-hybridized carbons (Fsp3) is 0.692. The smallest absolute Gasteiger partial charge is 0.0620 e. The van der Waals surface area contributed by atoms with Gasteiger partial charge in [-0.15, -0.1) is 11.3 Å². The summed E-state index contributed by atoms with van der Waals surface area (Å²) in [5.41, 5.74) is 6.36. The molecule has 0 amide bonds. The molecule has 2 N–H and O–H groups in total. The molecule has 3 unspecified atom stereocenters. The number of hydrogen-bond acceptors (Lipinski definition) is 4. The molecule has 3 atom stereocenters. The zero-order valence-electron chi connectivity index (χ0n) is 10.9. The molecule has 0 radical (unpaired) electrons. The normalized spacial score (nSPS) is 25.0. The lowest BCUT2D eigenvalue weighted by Gasteiger charge is -2.41. The summed E-state index contributed by atoms with van der Waals surface area (Å²) in [6.45, 7) is 6.96. The molecule has 2 rings (SSSR count). The minimum absolute atomic E-state index is 0.177. The minimum atomic E-state index is 0.177. The van der Waals surface area contributed by atoms with E-state index >= 15 is 0 Å². The summed E-state index contributed by atoms with van der Waals surface area (Å²) in [4.78, 5) is 3.85. The number of nitrogens with zero attached hydrogens (tertiary/aromatic N) is 1. The van der Waals surface area contributed by atoms with E-state index in [1.54, 1.807) is 11.3 Å². The van der Waals surface area contributed by atoms with Crippen molar-refractivity contribution < 1.29 is 4.74 Å². The van der Waals surface area contributed by atoms with Crippen LogP contribution in [0.5, 0.6) is 0 Å². The quantitative estimate of drug-likeness (QED) is 0.921. The van der Waals surface area contributed by atoms with Crippen LogP contribution in [0.15, 0.2) is 15.9 Å². The Morgan fingerprint density at radius 1 is 1.67 bits per heavy atom. The number of halogens is 1. The first-order chi connectivity index (χ1) is 8.63.